The van der Waals surface area contributed by atoms with Gasteiger partial charge in [-0.1, -0.05) is 0 Å². The zero-order valence-corrected chi connectivity index (χ0v) is 6.91. The molecule has 0 spiro atoms. The molecule has 5 heteroatoms. The molecule has 0 atom stereocenters. The van der Waals surface area contributed by atoms with E-state index in [1.165, 1.54) is 0 Å². The van der Waals surface area contributed by atoms with E-state index in [0.717, 1.165) is 12.8 Å². The van der Waals surface area contributed by atoms with Gasteiger partial charge in [0.1, 0.15) is 0 Å². The topological polar surface area (TPSA) is 81.4 Å². The minimum atomic E-state index is -0.308. The summed E-state index contributed by atoms with van der Waals surface area (Å²) in [5.74, 6) is -0.308. The van der Waals surface area contributed by atoms with E-state index >= 15 is 0 Å². The summed E-state index contributed by atoms with van der Waals surface area (Å²) in [5, 5.41) is 2.22. The van der Waals surface area contributed by atoms with E-state index in [0.29, 0.717) is 19.4 Å². The molecule has 0 heterocycles. The molecule has 12 heavy (non-hydrogen) atoms. The first-order valence-electron chi connectivity index (χ1n) is 3.84. The first kappa shape index (κ1) is 10.9. The minimum Gasteiger partial charge on any atom is -0.444 e. The molecule has 0 aromatic carbocycles. The van der Waals surface area contributed by atoms with Crippen molar-refractivity contribution >= 4 is 12.4 Å². The van der Waals surface area contributed by atoms with Gasteiger partial charge in [0.25, 0.3) is 0 Å². The van der Waals surface area contributed by atoms with Crippen LogP contribution in [0.25, 0.3) is 0 Å². The van der Waals surface area contributed by atoms with Crippen molar-refractivity contribution in [3.05, 3.63) is 0 Å². The van der Waals surface area contributed by atoms with Crippen molar-refractivity contribution < 1.29 is 14.3 Å². The fourth-order valence-corrected chi connectivity index (χ4v) is 0.642. The second-order valence-electron chi connectivity index (χ2n) is 2.23. The molecule has 0 radical (unpaired) electrons. The van der Waals surface area contributed by atoms with Gasteiger partial charge in [0.05, 0.1) is 0 Å². The zero-order chi connectivity index (χ0) is 9.23. The summed E-state index contributed by atoms with van der Waals surface area (Å²) in [6.45, 7) is 0.533. The van der Waals surface area contributed by atoms with Crippen LogP contribution in [-0.4, -0.2) is 25.7 Å². The number of unbranched alkanes of at least 4 members (excludes halogenated alkanes) is 1. The summed E-state index contributed by atoms with van der Waals surface area (Å²) in [7, 11) is 0. The Balaban J connectivity index is 3.15. The first-order chi connectivity index (χ1) is 5.81. The molecule has 5 nitrogen and oxygen atoms in total. The number of ether oxygens (including phenoxy) is 1. The number of carbonyl (C=O) groups excluding carboxylic acids is 2. The molecule has 0 bridgehead atoms. The zero-order valence-electron chi connectivity index (χ0n) is 6.91. The van der Waals surface area contributed by atoms with Gasteiger partial charge in [-0.2, -0.15) is 0 Å². The van der Waals surface area contributed by atoms with E-state index in [9.17, 15) is 9.59 Å². The lowest BCUT2D eigenvalue weighted by Gasteiger charge is -2.02. The van der Waals surface area contributed by atoms with E-state index in [1.54, 1.807) is 0 Å². The van der Waals surface area contributed by atoms with Gasteiger partial charge in [0, 0.05) is 6.42 Å². The summed E-state index contributed by atoms with van der Waals surface area (Å²) < 4.78 is 4.61. The van der Waals surface area contributed by atoms with Crippen LogP contribution in [0.3, 0.4) is 0 Å². The lowest BCUT2D eigenvalue weighted by Crippen LogP contribution is -2.19. The largest absolute Gasteiger partial charge is 0.444 e. The molecule has 0 aromatic rings. The summed E-state index contributed by atoms with van der Waals surface area (Å²) in [6.07, 6.45) is 2.39. The van der Waals surface area contributed by atoms with Gasteiger partial charge in [-0.15, -0.1) is 0 Å². The van der Waals surface area contributed by atoms with Crippen LogP contribution in [0.5, 0.6) is 0 Å². The Labute approximate surface area is 71.3 Å². The first-order valence-corrected chi connectivity index (χ1v) is 3.84. The second kappa shape index (κ2) is 8.00. The quantitative estimate of drug-likeness (QED) is 0.233. The lowest BCUT2D eigenvalue weighted by molar-refractivity contribution is -0.144. The van der Waals surface area contributed by atoms with Crippen molar-refractivity contribution in [2.24, 2.45) is 5.73 Å². The number of nitrogens with two attached hydrogens (primary N) is 1. The number of carbonyl (C=O) groups is 2. The molecule has 0 unspecified atom stereocenters. The highest BCUT2D eigenvalue weighted by atomic mass is 16.5. The van der Waals surface area contributed by atoms with Crippen molar-refractivity contribution in [2.75, 3.05) is 13.3 Å². The van der Waals surface area contributed by atoms with E-state index in [4.69, 9.17) is 5.73 Å². The standard InChI is InChI=1S/C7H14N2O3/c8-4-2-1-3-7(11)12-6-9-5-10/h5H,1-4,6,8H2,(H,9,10). The molecule has 3 N–H and O–H groups in total. The maximum Gasteiger partial charge on any atom is 0.307 e. The molecule has 0 aliphatic heterocycles. The van der Waals surface area contributed by atoms with E-state index in [1.807, 2.05) is 0 Å². The van der Waals surface area contributed by atoms with Crippen molar-refractivity contribution in [1.29, 1.82) is 0 Å². The molecule has 1 amide bonds. The van der Waals surface area contributed by atoms with Crippen molar-refractivity contribution in [2.45, 2.75) is 19.3 Å². The maximum atomic E-state index is 10.8. The lowest BCUT2D eigenvalue weighted by atomic mass is 10.2. The van der Waals surface area contributed by atoms with Crippen LogP contribution < -0.4 is 11.1 Å². The number of amides is 1. The Morgan fingerprint density at radius 1 is 1.50 bits per heavy atom. The molecule has 0 saturated carbocycles. The molecular weight excluding hydrogens is 160 g/mol. The average molecular weight is 174 g/mol. The van der Waals surface area contributed by atoms with Crippen LogP contribution >= 0.6 is 0 Å². The third kappa shape index (κ3) is 7.01. The minimum absolute atomic E-state index is 0.0506. The number of rotatable bonds is 7. The normalized spacial score (nSPS) is 9.08. The molecule has 0 aliphatic carbocycles. The van der Waals surface area contributed by atoms with Gasteiger partial charge >= 0.3 is 5.97 Å². The van der Waals surface area contributed by atoms with Crippen LogP contribution in [0.2, 0.25) is 0 Å². The highest BCUT2D eigenvalue weighted by Gasteiger charge is 2.00. The van der Waals surface area contributed by atoms with Gasteiger partial charge < -0.3 is 15.8 Å². The molecule has 0 aliphatic rings. The van der Waals surface area contributed by atoms with Crippen LogP contribution in [-0.2, 0) is 14.3 Å². The van der Waals surface area contributed by atoms with Crippen LogP contribution in [0.15, 0.2) is 0 Å². The summed E-state index contributed by atoms with van der Waals surface area (Å²) in [5.41, 5.74) is 5.23. The van der Waals surface area contributed by atoms with Crippen molar-refractivity contribution in [3.63, 3.8) is 0 Å². The van der Waals surface area contributed by atoms with Gasteiger partial charge in [-0.3, -0.25) is 9.59 Å². The third-order valence-electron chi connectivity index (χ3n) is 1.23. The van der Waals surface area contributed by atoms with E-state index in [2.05, 4.69) is 10.1 Å². The third-order valence-corrected chi connectivity index (χ3v) is 1.23. The Hall–Kier alpha value is -1.10. The monoisotopic (exact) mass is 174 g/mol. The second-order valence-corrected chi connectivity index (χ2v) is 2.23. The Morgan fingerprint density at radius 3 is 2.83 bits per heavy atom. The summed E-state index contributed by atoms with van der Waals surface area (Å²) in [6, 6.07) is 0. The smallest absolute Gasteiger partial charge is 0.307 e. The van der Waals surface area contributed by atoms with Gasteiger partial charge in [-0.25, -0.2) is 0 Å². The van der Waals surface area contributed by atoms with Gasteiger partial charge in [0.15, 0.2) is 6.73 Å². The molecule has 0 rings (SSSR count). The van der Waals surface area contributed by atoms with Gasteiger partial charge in [-0.05, 0) is 19.4 Å². The molecular formula is C7H14N2O3. The Bertz CT molecular complexity index is 139. The number of esters is 1. The van der Waals surface area contributed by atoms with Gasteiger partial charge in [0.2, 0.25) is 6.41 Å². The SMILES string of the molecule is NCCCCC(=O)OCNC=O. The highest BCUT2D eigenvalue weighted by Crippen LogP contribution is 1.94. The number of hydrogen-bond acceptors (Lipinski definition) is 4. The number of nitrogens with one attached hydrogen (secondary N) is 1. The molecule has 70 valence electrons. The fraction of sp³-hybridized carbons (Fsp3) is 0.714. The molecule has 0 saturated heterocycles. The van der Waals surface area contributed by atoms with E-state index < -0.39 is 0 Å². The van der Waals surface area contributed by atoms with Crippen molar-refractivity contribution in [3.8, 4) is 0 Å². The summed E-state index contributed by atoms with van der Waals surface area (Å²) >= 11 is 0. The van der Waals surface area contributed by atoms with Crippen LogP contribution in [0, 0.1) is 0 Å². The fourth-order valence-electron chi connectivity index (χ4n) is 0.642. The van der Waals surface area contributed by atoms with Crippen LogP contribution in [0.1, 0.15) is 19.3 Å². The predicted octanol–water partition coefficient (Wildman–Crippen LogP) is -0.638. The Morgan fingerprint density at radius 2 is 2.25 bits per heavy atom. The van der Waals surface area contributed by atoms with Crippen LogP contribution in [0.4, 0.5) is 0 Å². The molecule has 0 aromatic heterocycles. The molecule has 0 fully saturated rings. The maximum absolute atomic E-state index is 10.8. The predicted molar refractivity (Wildman–Crippen MR) is 43.1 cm³/mol. The average Bonchev–Trinajstić information content (AvgIpc) is 2.06. The number of hydrogen-bond donors (Lipinski definition) is 2. The van der Waals surface area contributed by atoms with Crippen molar-refractivity contribution in [1.82, 2.24) is 5.32 Å². The summed E-state index contributed by atoms with van der Waals surface area (Å²) in [4.78, 5) is 20.5. The Kier molecular flexibility index (Phi) is 7.27. The highest BCUT2D eigenvalue weighted by molar-refractivity contribution is 5.69. The van der Waals surface area contributed by atoms with E-state index in [-0.39, 0.29) is 12.7 Å².